The van der Waals surface area contributed by atoms with Crippen molar-refractivity contribution in [3.8, 4) is 11.3 Å². The molecule has 0 spiro atoms. The predicted molar refractivity (Wildman–Crippen MR) is 110 cm³/mol. The second-order valence-electron chi connectivity index (χ2n) is 6.46. The number of carboxylic acids is 1. The molecule has 7 nitrogen and oxygen atoms in total. The fourth-order valence-electron chi connectivity index (χ4n) is 2.84. The molecule has 3 heterocycles. The minimum Gasteiger partial charge on any atom is -0.478 e. The van der Waals surface area contributed by atoms with Crippen molar-refractivity contribution in [1.82, 2.24) is 20.3 Å². The molecule has 9 heteroatoms. The summed E-state index contributed by atoms with van der Waals surface area (Å²) in [5.41, 5.74) is 2.89. The first kappa shape index (κ1) is 19.6. The number of thiazole rings is 1. The van der Waals surface area contributed by atoms with E-state index >= 15 is 0 Å². The van der Waals surface area contributed by atoms with Crippen LogP contribution in [0.5, 0.6) is 0 Å². The molecular formula is C21H15FN4O3S. The highest BCUT2D eigenvalue weighted by atomic mass is 32.1. The van der Waals surface area contributed by atoms with Gasteiger partial charge in [0, 0.05) is 18.3 Å². The van der Waals surface area contributed by atoms with Gasteiger partial charge in [-0.15, -0.1) is 0 Å². The lowest BCUT2D eigenvalue weighted by Gasteiger charge is -2.05. The molecule has 0 fully saturated rings. The zero-order valence-corrected chi connectivity index (χ0v) is 16.3. The smallest absolute Gasteiger partial charge is 0.335 e. The van der Waals surface area contributed by atoms with Gasteiger partial charge in [-0.3, -0.25) is 4.79 Å². The van der Waals surface area contributed by atoms with Crippen molar-refractivity contribution in [2.24, 2.45) is 0 Å². The summed E-state index contributed by atoms with van der Waals surface area (Å²) in [7, 11) is 0. The number of carboxylic acid groups (broad SMARTS) is 1. The molecule has 30 heavy (non-hydrogen) atoms. The highest BCUT2D eigenvalue weighted by Gasteiger charge is 2.12. The number of amides is 1. The highest BCUT2D eigenvalue weighted by molar-refractivity contribution is 7.18. The van der Waals surface area contributed by atoms with Gasteiger partial charge in [-0.1, -0.05) is 23.5 Å². The van der Waals surface area contributed by atoms with Crippen LogP contribution >= 0.6 is 11.3 Å². The molecule has 2 N–H and O–H groups in total. The van der Waals surface area contributed by atoms with Crippen LogP contribution in [0, 0.1) is 5.95 Å². The highest BCUT2D eigenvalue weighted by Crippen LogP contribution is 2.25. The summed E-state index contributed by atoms with van der Waals surface area (Å²) in [5, 5.41) is 12.4. The van der Waals surface area contributed by atoms with Crippen LogP contribution in [-0.2, 0) is 17.8 Å². The number of aromatic nitrogens is 3. The predicted octanol–water partition coefficient (Wildman–Crippen LogP) is 3.45. The number of rotatable bonds is 6. The fraction of sp³-hybridized carbons (Fsp3) is 0.0952. The third kappa shape index (κ3) is 4.47. The summed E-state index contributed by atoms with van der Waals surface area (Å²) < 4.78 is 13.0. The van der Waals surface area contributed by atoms with Crippen LogP contribution in [-0.4, -0.2) is 31.9 Å². The molecule has 4 rings (SSSR count). The molecule has 0 radical (unpaired) electrons. The molecule has 0 aliphatic carbocycles. The Morgan fingerprint density at radius 2 is 1.97 bits per heavy atom. The van der Waals surface area contributed by atoms with Gasteiger partial charge in [-0.05, 0) is 42.0 Å². The SMILES string of the molecule is O=C(Cc1nc2ccc(-c3ccc(F)nc3)nc2s1)NCc1cccc(C(=O)O)c1. The molecule has 0 bridgehead atoms. The Bertz CT molecular complexity index is 1240. The number of hydrogen-bond donors (Lipinski definition) is 2. The number of carbonyl (C=O) groups excluding carboxylic acids is 1. The summed E-state index contributed by atoms with van der Waals surface area (Å²) in [4.78, 5) is 36.6. The first-order valence-electron chi connectivity index (χ1n) is 8.95. The van der Waals surface area contributed by atoms with E-state index in [2.05, 4.69) is 20.3 Å². The van der Waals surface area contributed by atoms with E-state index in [1.807, 2.05) is 0 Å². The third-order valence-corrected chi connectivity index (χ3v) is 5.26. The van der Waals surface area contributed by atoms with Crippen LogP contribution in [0.1, 0.15) is 20.9 Å². The van der Waals surface area contributed by atoms with Gasteiger partial charge in [-0.25, -0.2) is 19.7 Å². The van der Waals surface area contributed by atoms with Crippen LogP contribution in [0.15, 0.2) is 54.7 Å². The van der Waals surface area contributed by atoms with Gasteiger partial charge in [0.15, 0.2) is 0 Å². The summed E-state index contributed by atoms with van der Waals surface area (Å²) >= 11 is 1.31. The average molecular weight is 422 g/mol. The number of fused-ring (bicyclic) bond motifs is 1. The Hall–Kier alpha value is -3.72. The molecule has 1 amide bonds. The van der Waals surface area contributed by atoms with E-state index in [4.69, 9.17) is 5.11 Å². The molecule has 1 aromatic carbocycles. The normalized spacial score (nSPS) is 10.8. The summed E-state index contributed by atoms with van der Waals surface area (Å²) in [6.07, 6.45) is 1.51. The van der Waals surface area contributed by atoms with Gasteiger partial charge < -0.3 is 10.4 Å². The number of nitrogens with zero attached hydrogens (tertiary/aromatic N) is 3. The summed E-state index contributed by atoms with van der Waals surface area (Å²) in [6, 6.07) is 12.9. The number of halogens is 1. The molecule has 0 aliphatic rings. The Morgan fingerprint density at radius 1 is 1.10 bits per heavy atom. The van der Waals surface area contributed by atoms with Crippen molar-refractivity contribution in [1.29, 1.82) is 0 Å². The molecular weight excluding hydrogens is 407 g/mol. The Kier molecular flexibility index (Phi) is 5.44. The topological polar surface area (TPSA) is 105 Å². The Balaban J connectivity index is 1.43. The Morgan fingerprint density at radius 3 is 2.73 bits per heavy atom. The van der Waals surface area contributed by atoms with E-state index < -0.39 is 11.9 Å². The molecule has 4 aromatic rings. The first-order chi connectivity index (χ1) is 14.5. The van der Waals surface area contributed by atoms with Crippen molar-refractivity contribution < 1.29 is 19.1 Å². The van der Waals surface area contributed by atoms with E-state index in [0.29, 0.717) is 32.2 Å². The average Bonchev–Trinajstić information content (AvgIpc) is 3.14. The lowest BCUT2D eigenvalue weighted by atomic mass is 10.1. The van der Waals surface area contributed by atoms with Crippen molar-refractivity contribution in [3.63, 3.8) is 0 Å². The number of nitrogens with one attached hydrogen (secondary N) is 1. The van der Waals surface area contributed by atoms with Gasteiger partial charge in [0.05, 0.1) is 17.7 Å². The van der Waals surface area contributed by atoms with Crippen molar-refractivity contribution in [2.75, 3.05) is 0 Å². The van der Waals surface area contributed by atoms with E-state index in [1.54, 1.807) is 30.3 Å². The molecule has 150 valence electrons. The van der Waals surface area contributed by atoms with Crippen LogP contribution < -0.4 is 5.32 Å². The molecule has 0 atom stereocenters. The first-order valence-corrected chi connectivity index (χ1v) is 9.77. The third-order valence-electron chi connectivity index (χ3n) is 4.30. The maximum atomic E-state index is 13.0. The molecule has 0 saturated carbocycles. The van der Waals surface area contributed by atoms with Crippen LogP contribution in [0.25, 0.3) is 21.6 Å². The maximum Gasteiger partial charge on any atom is 0.335 e. The molecule has 3 aromatic heterocycles. The lowest BCUT2D eigenvalue weighted by molar-refractivity contribution is -0.120. The zero-order valence-electron chi connectivity index (χ0n) is 15.5. The van der Waals surface area contributed by atoms with E-state index in [1.165, 1.54) is 35.7 Å². The molecule has 0 unspecified atom stereocenters. The number of aromatic carboxylic acids is 1. The van der Waals surface area contributed by atoms with Crippen LogP contribution in [0.3, 0.4) is 0 Å². The quantitative estimate of drug-likeness (QED) is 0.461. The minimum absolute atomic E-state index is 0.0904. The van der Waals surface area contributed by atoms with E-state index in [9.17, 15) is 14.0 Å². The Labute approximate surface area is 174 Å². The second-order valence-corrected chi connectivity index (χ2v) is 7.52. The standard InChI is InChI=1S/C21H15FN4O3S/c22-17-7-4-14(11-23-17)15-5-6-16-20(26-15)30-19(25-16)9-18(27)24-10-12-2-1-3-13(8-12)21(28)29/h1-8,11H,9-10H2,(H,24,27)(H,28,29). The molecule has 0 aliphatic heterocycles. The van der Waals surface area contributed by atoms with Gasteiger partial charge >= 0.3 is 5.97 Å². The second kappa shape index (κ2) is 8.34. The zero-order chi connectivity index (χ0) is 21.1. The van der Waals surface area contributed by atoms with E-state index in [-0.39, 0.29) is 24.4 Å². The van der Waals surface area contributed by atoms with Gasteiger partial charge in [0.2, 0.25) is 11.9 Å². The summed E-state index contributed by atoms with van der Waals surface area (Å²) in [5.74, 6) is -1.79. The van der Waals surface area contributed by atoms with Gasteiger partial charge in [0.25, 0.3) is 0 Å². The maximum absolute atomic E-state index is 13.0. The number of pyridine rings is 2. The van der Waals surface area contributed by atoms with Crippen molar-refractivity contribution in [2.45, 2.75) is 13.0 Å². The van der Waals surface area contributed by atoms with Crippen molar-refractivity contribution in [3.05, 3.63) is 76.8 Å². The summed E-state index contributed by atoms with van der Waals surface area (Å²) in [6.45, 7) is 0.227. The minimum atomic E-state index is -1.01. The monoisotopic (exact) mass is 422 g/mol. The number of hydrogen-bond acceptors (Lipinski definition) is 6. The number of benzene rings is 1. The molecule has 0 saturated heterocycles. The van der Waals surface area contributed by atoms with Crippen LogP contribution in [0.2, 0.25) is 0 Å². The van der Waals surface area contributed by atoms with Crippen molar-refractivity contribution >= 4 is 33.6 Å². The largest absolute Gasteiger partial charge is 0.478 e. The lowest BCUT2D eigenvalue weighted by Crippen LogP contribution is -2.24. The van der Waals surface area contributed by atoms with E-state index in [0.717, 1.165) is 0 Å². The fourth-order valence-corrected chi connectivity index (χ4v) is 3.77. The van der Waals surface area contributed by atoms with Gasteiger partial charge in [0.1, 0.15) is 15.4 Å². The van der Waals surface area contributed by atoms with Gasteiger partial charge in [-0.2, -0.15) is 4.39 Å². The number of carbonyl (C=O) groups is 2. The van der Waals surface area contributed by atoms with Crippen LogP contribution in [0.4, 0.5) is 4.39 Å².